The molecule has 1 fully saturated rings. The monoisotopic (exact) mass is 422 g/mol. The molecule has 0 spiro atoms. The van der Waals surface area contributed by atoms with E-state index in [1.54, 1.807) is 18.9 Å². The number of hydrogen-bond donors (Lipinski definition) is 0. The number of likely N-dealkylation sites (tertiary alicyclic amines) is 1. The third kappa shape index (κ3) is 4.21. The van der Waals surface area contributed by atoms with Crippen LogP contribution >= 0.6 is 11.8 Å². The van der Waals surface area contributed by atoms with Gasteiger partial charge in [0.25, 0.3) is 5.91 Å². The lowest BCUT2D eigenvalue weighted by Crippen LogP contribution is -2.28. The van der Waals surface area contributed by atoms with Crippen LogP contribution in [0.4, 0.5) is 0 Å². The van der Waals surface area contributed by atoms with Gasteiger partial charge in [-0.2, -0.15) is 0 Å². The van der Waals surface area contributed by atoms with Gasteiger partial charge in [-0.25, -0.2) is 0 Å². The molecular weight excluding hydrogens is 396 g/mol. The average Bonchev–Trinajstić information content (AvgIpc) is 3.47. The molecule has 4 rings (SSSR count). The van der Waals surface area contributed by atoms with Gasteiger partial charge in [0.05, 0.1) is 7.11 Å². The number of benzene rings is 2. The first-order valence-electron chi connectivity index (χ1n) is 10.3. The first-order valence-corrected chi connectivity index (χ1v) is 11.3. The summed E-state index contributed by atoms with van der Waals surface area (Å²) in [6.07, 6.45) is 2.19. The number of carbonyl (C=O) groups excluding carboxylic acids is 1. The van der Waals surface area contributed by atoms with Gasteiger partial charge in [-0.1, -0.05) is 42.1 Å². The van der Waals surface area contributed by atoms with Crippen molar-refractivity contribution >= 4 is 17.7 Å². The fraction of sp³-hybridized carbons (Fsp3) is 0.348. The Morgan fingerprint density at radius 1 is 1.10 bits per heavy atom. The minimum Gasteiger partial charge on any atom is -0.497 e. The minimum atomic E-state index is 0.137. The van der Waals surface area contributed by atoms with Crippen molar-refractivity contribution < 1.29 is 9.53 Å². The van der Waals surface area contributed by atoms with E-state index in [0.29, 0.717) is 5.75 Å². The molecule has 0 bridgehead atoms. The Bertz CT molecular complexity index is 1030. The molecule has 7 heteroatoms. The highest BCUT2D eigenvalue weighted by Crippen LogP contribution is 2.29. The first-order chi connectivity index (χ1) is 14.7. The molecule has 0 saturated carbocycles. The fourth-order valence-corrected chi connectivity index (χ4v) is 4.75. The van der Waals surface area contributed by atoms with Crippen LogP contribution in [-0.4, -0.2) is 45.8 Å². The molecular formula is C23H26N4O2S. The molecule has 6 nitrogen and oxygen atoms in total. The summed E-state index contributed by atoms with van der Waals surface area (Å²) in [7, 11) is 1.66. The lowest BCUT2D eigenvalue weighted by atomic mass is 10.1. The maximum Gasteiger partial charge on any atom is 0.254 e. The van der Waals surface area contributed by atoms with Crippen LogP contribution in [0.3, 0.4) is 0 Å². The topological polar surface area (TPSA) is 60.2 Å². The second-order valence-corrected chi connectivity index (χ2v) is 8.17. The quantitative estimate of drug-likeness (QED) is 0.525. The Kier molecular flexibility index (Phi) is 6.38. The van der Waals surface area contributed by atoms with E-state index < -0.39 is 0 Å². The smallest absolute Gasteiger partial charge is 0.254 e. The number of thioether (sulfide) groups is 1. The standard InChI is InChI=1S/C23H26N4O2S/c1-3-27-21(17-10-8-11-19(15-17)29-2)24-25-23(27)30-16-18-9-4-5-12-20(18)22(28)26-13-6-7-14-26/h4-5,8-12,15H,3,6-7,13-14,16H2,1-2H3. The Labute approximate surface area is 181 Å². The first kappa shape index (κ1) is 20.5. The third-order valence-electron chi connectivity index (χ3n) is 5.36. The molecule has 0 atom stereocenters. The van der Waals surface area contributed by atoms with Crippen molar-refractivity contribution in [2.24, 2.45) is 0 Å². The van der Waals surface area contributed by atoms with E-state index in [9.17, 15) is 4.79 Å². The summed E-state index contributed by atoms with van der Waals surface area (Å²) in [6.45, 7) is 4.56. The van der Waals surface area contributed by atoms with Gasteiger partial charge < -0.3 is 14.2 Å². The zero-order valence-corrected chi connectivity index (χ0v) is 18.2. The van der Waals surface area contributed by atoms with Gasteiger partial charge in [0.1, 0.15) is 5.75 Å². The molecule has 3 aromatic rings. The van der Waals surface area contributed by atoms with Crippen LogP contribution in [0.1, 0.15) is 35.7 Å². The second-order valence-electron chi connectivity index (χ2n) is 7.23. The summed E-state index contributed by atoms with van der Waals surface area (Å²) in [4.78, 5) is 14.9. The molecule has 1 aromatic heterocycles. The predicted octanol–water partition coefficient (Wildman–Crippen LogP) is 4.50. The molecule has 156 valence electrons. The van der Waals surface area contributed by atoms with Crippen molar-refractivity contribution in [1.29, 1.82) is 0 Å². The van der Waals surface area contributed by atoms with Gasteiger partial charge in [-0.15, -0.1) is 10.2 Å². The highest BCUT2D eigenvalue weighted by Gasteiger charge is 2.22. The van der Waals surface area contributed by atoms with Crippen LogP contribution in [0.2, 0.25) is 0 Å². The Balaban J connectivity index is 1.55. The molecule has 1 amide bonds. The third-order valence-corrected chi connectivity index (χ3v) is 6.37. The Morgan fingerprint density at radius 3 is 2.67 bits per heavy atom. The van der Waals surface area contributed by atoms with Gasteiger partial charge in [0, 0.05) is 36.5 Å². The van der Waals surface area contributed by atoms with E-state index in [-0.39, 0.29) is 5.91 Å². The maximum absolute atomic E-state index is 12.9. The average molecular weight is 423 g/mol. The summed E-state index contributed by atoms with van der Waals surface area (Å²) in [5.74, 6) is 2.42. The molecule has 1 saturated heterocycles. The van der Waals surface area contributed by atoms with Gasteiger partial charge in [0.15, 0.2) is 11.0 Å². The second kappa shape index (κ2) is 9.34. The van der Waals surface area contributed by atoms with Gasteiger partial charge >= 0.3 is 0 Å². The van der Waals surface area contributed by atoms with Gasteiger partial charge in [-0.3, -0.25) is 4.79 Å². The summed E-state index contributed by atoms with van der Waals surface area (Å²) in [5.41, 5.74) is 2.80. The number of methoxy groups -OCH3 is 1. The number of nitrogens with zero attached hydrogens (tertiary/aromatic N) is 4. The van der Waals surface area contributed by atoms with Crippen molar-refractivity contribution in [2.45, 2.75) is 37.2 Å². The molecule has 1 aliphatic heterocycles. The van der Waals surface area contributed by atoms with E-state index in [4.69, 9.17) is 4.74 Å². The fourth-order valence-electron chi connectivity index (χ4n) is 3.74. The van der Waals surface area contributed by atoms with E-state index in [0.717, 1.165) is 65.9 Å². The number of hydrogen-bond acceptors (Lipinski definition) is 5. The van der Waals surface area contributed by atoms with Crippen molar-refractivity contribution in [2.75, 3.05) is 20.2 Å². The molecule has 0 unspecified atom stereocenters. The SMILES string of the molecule is CCn1c(SCc2ccccc2C(=O)N2CCCC2)nnc1-c1cccc(OC)c1. The number of rotatable bonds is 7. The zero-order valence-electron chi connectivity index (χ0n) is 17.4. The van der Waals surface area contributed by atoms with Crippen LogP contribution < -0.4 is 4.74 Å². The highest BCUT2D eigenvalue weighted by atomic mass is 32.2. The maximum atomic E-state index is 12.9. The molecule has 1 aliphatic rings. The minimum absolute atomic E-state index is 0.137. The van der Waals surface area contributed by atoms with Crippen molar-refractivity contribution in [3.8, 4) is 17.1 Å². The number of aromatic nitrogens is 3. The van der Waals surface area contributed by atoms with Crippen LogP contribution in [0.15, 0.2) is 53.7 Å². The Morgan fingerprint density at radius 2 is 1.90 bits per heavy atom. The number of amides is 1. The summed E-state index contributed by atoms with van der Waals surface area (Å²) < 4.78 is 7.44. The highest BCUT2D eigenvalue weighted by molar-refractivity contribution is 7.98. The summed E-state index contributed by atoms with van der Waals surface area (Å²) in [5, 5.41) is 9.70. The number of carbonyl (C=O) groups is 1. The van der Waals surface area contributed by atoms with Gasteiger partial charge in [-0.05, 0) is 43.5 Å². The molecule has 30 heavy (non-hydrogen) atoms. The Hall–Kier alpha value is -2.80. The lowest BCUT2D eigenvalue weighted by Gasteiger charge is -2.17. The van der Waals surface area contributed by atoms with Crippen LogP contribution in [0.25, 0.3) is 11.4 Å². The van der Waals surface area contributed by atoms with Crippen molar-refractivity contribution in [1.82, 2.24) is 19.7 Å². The predicted molar refractivity (Wildman–Crippen MR) is 119 cm³/mol. The van der Waals surface area contributed by atoms with Crippen molar-refractivity contribution in [3.63, 3.8) is 0 Å². The number of ether oxygens (including phenoxy) is 1. The normalized spacial score (nSPS) is 13.6. The molecule has 2 aromatic carbocycles. The van der Waals surface area contributed by atoms with E-state index in [1.165, 1.54) is 0 Å². The summed E-state index contributed by atoms with van der Waals surface area (Å²) >= 11 is 1.61. The largest absolute Gasteiger partial charge is 0.497 e. The van der Waals surface area contributed by atoms with E-state index in [2.05, 4.69) is 21.7 Å². The van der Waals surface area contributed by atoms with Crippen molar-refractivity contribution in [3.05, 3.63) is 59.7 Å². The van der Waals surface area contributed by atoms with Crippen LogP contribution in [-0.2, 0) is 12.3 Å². The van der Waals surface area contributed by atoms with Crippen LogP contribution in [0.5, 0.6) is 5.75 Å². The molecule has 0 N–H and O–H groups in total. The zero-order chi connectivity index (χ0) is 20.9. The molecule has 0 aliphatic carbocycles. The van der Waals surface area contributed by atoms with Gasteiger partial charge in [0.2, 0.25) is 0 Å². The molecule has 2 heterocycles. The van der Waals surface area contributed by atoms with E-state index in [1.807, 2.05) is 53.4 Å². The van der Waals surface area contributed by atoms with Crippen LogP contribution in [0, 0.1) is 0 Å². The lowest BCUT2D eigenvalue weighted by molar-refractivity contribution is 0.0792. The summed E-state index contributed by atoms with van der Waals surface area (Å²) in [6, 6.07) is 15.7. The van der Waals surface area contributed by atoms with E-state index >= 15 is 0 Å². The molecule has 0 radical (unpaired) electrons.